The quantitative estimate of drug-likeness (QED) is 0.835. The molecule has 0 saturated carbocycles. The van der Waals surface area contributed by atoms with Gasteiger partial charge in [-0.05, 0) is 24.6 Å². The fraction of sp³-hybridized carbons (Fsp3) is 0.500. The van der Waals surface area contributed by atoms with Crippen molar-refractivity contribution >= 4 is 15.7 Å². The summed E-state index contributed by atoms with van der Waals surface area (Å²) in [6.07, 6.45) is 1.00. The molecule has 1 fully saturated rings. The first-order valence-corrected chi connectivity index (χ1v) is 7.58. The third-order valence-electron chi connectivity index (χ3n) is 3.10. The van der Waals surface area contributed by atoms with Crippen LogP contribution in [-0.4, -0.2) is 35.3 Å². The van der Waals surface area contributed by atoms with Crippen LogP contribution in [0.2, 0.25) is 0 Å². The van der Waals surface area contributed by atoms with Crippen molar-refractivity contribution in [3.63, 3.8) is 0 Å². The van der Waals surface area contributed by atoms with Crippen LogP contribution in [0.15, 0.2) is 23.1 Å². The summed E-state index contributed by atoms with van der Waals surface area (Å²) in [5, 5.41) is 8.31. The maximum atomic E-state index is 11.3. The predicted molar refractivity (Wildman–Crippen MR) is 71.8 cm³/mol. The van der Waals surface area contributed by atoms with E-state index in [1.807, 2.05) is 0 Å². The zero-order valence-electron chi connectivity index (χ0n) is 10.8. The Morgan fingerprint density at radius 2 is 2.32 bits per heavy atom. The number of primary sulfonamides is 1. The number of rotatable bonds is 5. The molecule has 1 saturated heterocycles. The zero-order chi connectivity index (χ0) is 13.9. The van der Waals surface area contributed by atoms with Crippen molar-refractivity contribution in [1.29, 1.82) is 0 Å². The molecule has 1 unspecified atom stereocenters. The van der Waals surface area contributed by atoms with Gasteiger partial charge in [0.1, 0.15) is 5.75 Å². The van der Waals surface area contributed by atoms with Crippen LogP contribution in [0.5, 0.6) is 5.75 Å². The topological polar surface area (TPSA) is 90.7 Å². The van der Waals surface area contributed by atoms with Crippen molar-refractivity contribution in [2.75, 3.05) is 32.2 Å². The van der Waals surface area contributed by atoms with Crippen LogP contribution in [0.4, 0.5) is 5.69 Å². The lowest BCUT2D eigenvalue weighted by Gasteiger charge is -2.14. The van der Waals surface area contributed by atoms with E-state index in [-0.39, 0.29) is 4.90 Å². The minimum Gasteiger partial charge on any atom is -0.495 e. The van der Waals surface area contributed by atoms with Crippen molar-refractivity contribution < 1.29 is 17.9 Å². The SMILES string of the molecule is COc1ccc(S(N)(=O)=O)cc1NCC1CCOC1. The molecule has 0 bridgehead atoms. The lowest BCUT2D eigenvalue weighted by molar-refractivity contribution is 0.187. The highest BCUT2D eigenvalue weighted by Gasteiger charge is 2.17. The number of benzene rings is 1. The minimum atomic E-state index is -3.71. The van der Waals surface area contributed by atoms with Crippen LogP contribution < -0.4 is 15.2 Å². The van der Waals surface area contributed by atoms with Gasteiger partial charge in [-0.1, -0.05) is 0 Å². The monoisotopic (exact) mass is 286 g/mol. The molecule has 1 aromatic carbocycles. The van der Waals surface area contributed by atoms with Crippen molar-refractivity contribution in [3.05, 3.63) is 18.2 Å². The van der Waals surface area contributed by atoms with Gasteiger partial charge in [0, 0.05) is 19.1 Å². The molecule has 7 heteroatoms. The molecule has 0 radical (unpaired) electrons. The second kappa shape index (κ2) is 5.77. The minimum absolute atomic E-state index is 0.0680. The standard InChI is InChI=1S/C12H18N2O4S/c1-17-12-3-2-10(19(13,15)16)6-11(12)14-7-9-4-5-18-8-9/h2-3,6,9,14H,4-5,7-8H2,1H3,(H2,13,15,16). The van der Waals surface area contributed by atoms with Gasteiger partial charge in [0.25, 0.3) is 0 Å². The molecule has 1 aromatic rings. The molecule has 0 aliphatic carbocycles. The Hall–Kier alpha value is -1.31. The number of nitrogens with one attached hydrogen (secondary N) is 1. The number of ether oxygens (including phenoxy) is 2. The van der Waals surface area contributed by atoms with Gasteiger partial charge in [-0.3, -0.25) is 0 Å². The van der Waals surface area contributed by atoms with Gasteiger partial charge in [0.2, 0.25) is 10.0 Å². The van der Waals surface area contributed by atoms with Crippen molar-refractivity contribution in [2.24, 2.45) is 11.1 Å². The average Bonchev–Trinajstić information content (AvgIpc) is 2.88. The Labute approximate surface area is 112 Å². The summed E-state index contributed by atoms with van der Waals surface area (Å²) in [6.45, 7) is 2.22. The Morgan fingerprint density at radius 1 is 1.53 bits per heavy atom. The summed E-state index contributed by atoms with van der Waals surface area (Å²) in [5.74, 6) is 1.02. The number of methoxy groups -OCH3 is 1. The second-order valence-corrected chi connectivity index (χ2v) is 6.08. The van der Waals surface area contributed by atoms with E-state index in [1.165, 1.54) is 19.2 Å². The fourth-order valence-corrected chi connectivity index (χ4v) is 2.54. The summed E-state index contributed by atoms with van der Waals surface area (Å²) < 4.78 is 33.2. The summed E-state index contributed by atoms with van der Waals surface area (Å²) in [7, 11) is -2.17. The fourth-order valence-electron chi connectivity index (χ4n) is 2.00. The van der Waals surface area contributed by atoms with E-state index in [2.05, 4.69) is 5.32 Å². The summed E-state index contributed by atoms with van der Waals surface area (Å²) in [6, 6.07) is 4.51. The first kappa shape index (κ1) is 14.1. The van der Waals surface area contributed by atoms with Crippen molar-refractivity contribution in [1.82, 2.24) is 0 Å². The molecule has 0 amide bonds. The van der Waals surface area contributed by atoms with Gasteiger partial charge in [0.15, 0.2) is 0 Å². The lowest BCUT2D eigenvalue weighted by atomic mass is 10.1. The van der Waals surface area contributed by atoms with Crippen LogP contribution >= 0.6 is 0 Å². The van der Waals surface area contributed by atoms with Crippen LogP contribution in [0.3, 0.4) is 0 Å². The molecule has 1 atom stereocenters. The number of sulfonamides is 1. The van der Waals surface area contributed by atoms with Gasteiger partial charge >= 0.3 is 0 Å². The molecular formula is C12H18N2O4S. The molecule has 1 aliphatic heterocycles. The third-order valence-corrected chi connectivity index (χ3v) is 4.02. The van der Waals surface area contributed by atoms with Gasteiger partial charge in [-0.15, -0.1) is 0 Å². The van der Waals surface area contributed by atoms with Gasteiger partial charge in [-0.2, -0.15) is 0 Å². The molecule has 106 valence electrons. The molecule has 2 rings (SSSR count). The van der Waals surface area contributed by atoms with E-state index in [4.69, 9.17) is 14.6 Å². The Kier molecular flexibility index (Phi) is 4.28. The van der Waals surface area contributed by atoms with Crippen molar-refractivity contribution in [2.45, 2.75) is 11.3 Å². The summed E-state index contributed by atoms with van der Waals surface area (Å²) >= 11 is 0. The number of anilines is 1. The first-order valence-electron chi connectivity index (χ1n) is 6.03. The maximum Gasteiger partial charge on any atom is 0.238 e. The number of nitrogens with two attached hydrogens (primary N) is 1. The predicted octanol–water partition coefficient (Wildman–Crippen LogP) is 0.791. The number of hydrogen-bond donors (Lipinski definition) is 2. The smallest absolute Gasteiger partial charge is 0.238 e. The molecule has 1 heterocycles. The largest absolute Gasteiger partial charge is 0.495 e. The Morgan fingerprint density at radius 3 is 2.89 bits per heavy atom. The lowest BCUT2D eigenvalue weighted by Crippen LogP contribution is -2.16. The van der Waals surface area contributed by atoms with E-state index in [0.29, 0.717) is 23.9 Å². The average molecular weight is 286 g/mol. The van der Waals surface area contributed by atoms with E-state index in [9.17, 15) is 8.42 Å². The Bertz CT molecular complexity index is 539. The summed E-state index contributed by atoms with van der Waals surface area (Å²) in [5.41, 5.74) is 0.626. The highest BCUT2D eigenvalue weighted by atomic mass is 32.2. The second-order valence-electron chi connectivity index (χ2n) is 4.52. The van der Waals surface area contributed by atoms with Gasteiger partial charge < -0.3 is 14.8 Å². The third kappa shape index (κ3) is 3.59. The molecule has 0 spiro atoms. The van der Waals surface area contributed by atoms with Crippen molar-refractivity contribution in [3.8, 4) is 5.75 Å². The summed E-state index contributed by atoms with van der Waals surface area (Å²) in [4.78, 5) is 0.0680. The molecule has 0 aromatic heterocycles. The van der Waals surface area contributed by atoms with E-state index >= 15 is 0 Å². The number of hydrogen-bond acceptors (Lipinski definition) is 5. The molecular weight excluding hydrogens is 268 g/mol. The van der Waals surface area contributed by atoms with Gasteiger partial charge in [-0.25, -0.2) is 13.6 Å². The first-order chi connectivity index (χ1) is 9.00. The molecule has 3 N–H and O–H groups in total. The van der Waals surface area contributed by atoms with Crippen LogP contribution in [0.25, 0.3) is 0 Å². The molecule has 1 aliphatic rings. The van der Waals surface area contributed by atoms with Crippen LogP contribution in [-0.2, 0) is 14.8 Å². The Balaban J connectivity index is 2.16. The van der Waals surface area contributed by atoms with E-state index < -0.39 is 10.0 Å². The highest BCUT2D eigenvalue weighted by molar-refractivity contribution is 7.89. The maximum absolute atomic E-state index is 11.3. The van der Waals surface area contributed by atoms with E-state index in [1.54, 1.807) is 6.07 Å². The zero-order valence-corrected chi connectivity index (χ0v) is 11.6. The van der Waals surface area contributed by atoms with Gasteiger partial charge in [0.05, 0.1) is 24.3 Å². The highest BCUT2D eigenvalue weighted by Crippen LogP contribution is 2.27. The van der Waals surface area contributed by atoms with Crippen LogP contribution in [0.1, 0.15) is 6.42 Å². The normalized spacial score (nSPS) is 19.4. The molecule has 19 heavy (non-hydrogen) atoms. The van der Waals surface area contributed by atoms with E-state index in [0.717, 1.165) is 19.6 Å². The molecule has 6 nitrogen and oxygen atoms in total. The van der Waals surface area contributed by atoms with Crippen LogP contribution in [0, 0.1) is 5.92 Å².